The van der Waals surface area contributed by atoms with Gasteiger partial charge in [0.1, 0.15) is 6.04 Å². The van der Waals surface area contributed by atoms with Crippen LogP contribution in [-0.2, 0) is 4.79 Å². The molecule has 0 spiro atoms. The van der Waals surface area contributed by atoms with Gasteiger partial charge in [-0.15, -0.1) is 0 Å². The number of imide groups is 1. The second kappa shape index (κ2) is 4.57. The van der Waals surface area contributed by atoms with Crippen molar-refractivity contribution in [3.8, 4) is 6.07 Å². The van der Waals surface area contributed by atoms with E-state index in [0.29, 0.717) is 24.2 Å². The van der Waals surface area contributed by atoms with Crippen LogP contribution in [0.2, 0.25) is 0 Å². The Morgan fingerprint density at radius 2 is 2.00 bits per heavy atom. The summed E-state index contributed by atoms with van der Waals surface area (Å²) in [5.74, 6) is -0.391. The van der Waals surface area contributed by atoms with Crippen molar-refractivity contribution in [2.75, 3.05) is 11.4 Å². The largest absolute Gasteiger partial charge is 0.390 e. The first-order chi connectivity index (χ1) is 9.97. The average molecular weight is 285 g/mol. The van der Waals surface area contributed by atoms with Gasteiger partial charge in [0.15, 0.2) is 0 Å². The molecule has 21 heavy (non-hydrogen) atoms. The molecule has 2 aliphatic rings. The highest BCUT2D eigenvalue weighted by molar-refractivity contribution is 6.22. The Morgan fingerprint density at radius 3 is 2.62 bits per heavy atom. The van der Waals surface area contributed by atoms with Gasteiger partial charge in [-0.2, -0.15) is 5.26 Å². The number of hydrogen-bond donors (Lipinski definition) is 1. The van der Waals surface area contributed by atoms with E-state index in [9.17, 15) is 14.7 Å². The van der Waals surface area contributed by atoms with Crippen molar-refractivity contribution >= 4 is 17.6 Å². The first kappa shape index (κ1) is 13.6. The second-order valence-electron chi connectivity index (χ2n) is 5.44. The molecule has 2 fully saturated rings. The zero-order valence-electron chi connectivity index (χ0n) is 11.8. The summed E-state index contributed by atoms with van der Waals surface area (Å²) in [6.45, 7) is 3.96. The zero-order chi connectivity index (χ0) is 15.3. The average Bonchev–Trinajstić information content (AvgIpc) is 2.95. The van der Waals surface area contributed by atoms with E-state index in [0.717, 1.165) is 16.0 Å². The molecule has 2 aliphatic heterocycles. The summed E-state index contributed by atoms with van der Waals surface area (Å²) in [6.07, 6.45) is -0.368. The molecule has 0 aliphatic carbocycles. The molecule has 1 aromatic carbocycles. The highest BCUT2D eigenvalue weighted by Crippen LogP contribution is 2.34. The standard InChI is InChI=1S/C15H15N3O3/c1-8-9(2)11(4-3-10(8)7-16)18-14(20)13-12(19)5-6-17(13)15(18)21/h3-4,12-13,19H,5-6H2,1-2H3/t12-,13+/m1/s1. The van der Waals surface area contributed by atoms with Crippen LogP contribution >= 0.6 is 0 Å². The fourth-order valence-electron chi connectivity index (χ4n) is 3.04. The molecule has 6 heteroatoms. The van der Waals surface area contributed by atoms with E-state index in [1.807, 2.05) is 0 Å². The van der Waals surface area contributed by atoms with Gasteiger partial charge in [0.25, 0.3) is 5.91 Å². The van der Waals surface area contributed by atoms with Gasteiger partial charge in [0.05, 0.1) is 23.4 Å². The molecular weight excluding hydrogens is 270 g/mol. The third-order valence-electron chi connectivity index (χ3n) is 4.40. The van der Waals surface area contributed by atoms with Crippen LogP contribution in [0.25, 0.3) is 0 Å². The van der Waals surface area contributed by atoms with Crippen LogP contribution in [-0.4, -0.2) is 40.6 Å². The summed E-state index contributed by atoms with van der Waals surface area (Å²) in [7, 11) is 0. The van der Waals surface area contributed by atoms with Gasteiger partial charge in [0, 0.05) is 6.54 Å². The van der Waals surface area contributed by atoms with Crippen molar-refractivity contribution in [1.82, 2.24) is 4.90 Å². The monoisotopic (exact) mass is 285 g/mol. The van der Waals surface area contributed by atoms with Crippen LogP contribution in [0.5, 0.6) is 0 Å². The molecule has 6 nitrogen and oxygen atoms in total. The lowest BCUT2D eigenvalue weighted by Crippen LogP contribution is -2.36. The summed E-state index contributed by atoms with van der Waals surface area (Å²) in [4.78, 5) is 27.4. The number of nitrogens with zero attached hydrogens (tertiary/aromatic N) is 3. The maximum atomic E-state index is 12.5. The van der Waals surface area contributed by atoms with E-state index in [-0.39, 0.29) is 0 Å². The number of carbonyl (C=O) groups excluding carboxylic acids is 2. The number of anilines is 1. The van der Waals surface area contributed by atoms with Crippen molar-refractivity contribution in [2.24, 2.45) is 0 Å². The van der Waals surface area contributed by atoms with Crippen molar-refractivity contribution in [2.45, 2.75) is 32.4 Å². The van der Waals surface area contributed by atoms with Gasteiger partial charge in [-0.05, 0) is 43.5 Å². The number of benzene rings is 1. The van der Waals surface area contributed by atoms with Gasteiger partial charge in [-0.25, -0.2) is 9.69 Å². The molecule has 0 radical (unpaired) electrons. The quantitative estimate of drug-likeness (QED) is 0.782. The predicted octanol–water partition coefficient (Wildman–Crippen LogP) is 1.08. The Labute approximate surface area is 122 Å². The lowest BCUT2D eigenvalue weighted by molar-refractivity contribution is -0.121. The molecule has 2 heterocycles. The van der Waals surface area contributed by atoms with Crippen LogP contribution in [0.1, 0.15) is 23.1 Å². The van der Waals surface area contributed by atoms with Crippen LogP contribution in [0.15, 0.2) is 12.1 Å². The number of carbonyl (C=O) groups is 2. The first-order valence-electron chi connectivity index (χ1n) is 6.80. The summed E-state index contributed by atoms with van der Waals surface area (Å²) >= 11 is 0. The van der Waals surface area contributed by atoms with Crippen LogP contribution in [0, 0.1) is 25.2 Å². The lowest BCUT2D eigenvalue weighted by Gasteiger charge is -2.19. The van der Waals surface area contributed by atoms with Crippen molar-refractivity contribution in [1.29, 1.82) is 5.26 Å². The van der Waals surface area contributed by atoms with Crippen molar-refractivity contribution in [3.05, 3.63) is 28.8 Å². The molecule has 0 aromatic heterocycles. The third kappa shape index (κ3) is 1.74. The van der Waals surface area contributed by atoms with E-state index in [4.69, 9.17) is 5.26 Å². The van der Waals surface area contributed by atoms with Gasteiger partial charge in [0.2, 0.25) is 0 Å². The van der Waals surface area contributed by atoms with E-state index in [1.54, 1.807) is 26.0 Å². The van der Waals surface area contributed by atoms with Crippen LogP contribution in [0.3, 0.4) is 0 Å². The second-order valence-corrected chi connectivity index (χ2v) is 5.44. The fraction of sp³-hybridized carbons (Fsp3) is 0.400. The Bertz CT molecular complexity index is 692. The lowest BCUT2D eigenvalue weighted by atomic mass is 10.0. The fourth-order valence-corrected chi connectivity index (χ4v) is 3.04. The SMILES string of the molecule is Cc1c(C#N)ccc(N2C(=O)[C@@H]3[C@H](O)CCN3C2=O)c1C. The van der Waals surface area contributed by atoms with E-state index >= 15 is 0 Å². The normalized spacial score (nSPS) is 24.5. The summed E-state index contributed by atoms with van der Waals surface area (Å²) in [5, 5.41) is 18.9. The smallest absolute Gasteiger partial charge is 0.332 e. The van der Waals surface area contributed by atoms with E-state index < -0.39 is 24.1 Å². The molecule has 0 saturated carbocycles. The molecule has 3 amide bonds. The Balaban J connectivity index is 2.07. The summed E-state index contributed by atoms with van der Waals surface area (Å²) < 4.78 is 0. The number of hydrogen-bond acceptors (Lipinski definition) is 4. The van der Waals surface area contributed by atoms with E-state index in [1.165, 1.54) is 4.90 Å². The third-order valence-corrected chi connectivity index (χ3v) is 4.40. The van der Waals surface area contributed by atoms with Crippen molar-refractivity contribution < 1.29 is 14.7 Å². The number of fused-ring (bicyclic) bond motifs is 1. The molecule has 3 rings (SSSR count). The predicted molar refractivity (Wildman–Crippen MR) is 74.6 cm³/mol. The molecule has 0 unspecified atom stereocenters. The summed E-state index contributed by atoms with van der Waals surface area (Å²) in [5.41, 5.74) is 2.49. The van der Waals surface area contributed by atoms with Gasteiger partial charge in [-0.1, -0.05) is 0 Å². The molecule has 2 atom stereocenters. The number of nitriles is 1. The Morgan fingerprint density at radius 1 is 1.29 bits per heavy atom. The molecule has 2 saturated heterocycles. The number of amides is 3. The minimum atomic E-state index is -0.800. The summed E-state index contributed by atoms with van der Waals surface area (Å²) in [6, 6.07) is 4.14. The van der Waals surface area contributed by atoms with Gasteiger partial charge >= 0.3 is 6.03 Å². The van der Waals surface area contributed by atoms with Gasteiger partial charge in [-0.3, -0.25) is 4.79 Å². The number of rotatable bonds is 1. The Kier molecular flexibility index (Phi) is 2.96. The highest BCUT2D eigenvalue weighted by Gasteiger charge is 2.52. The van der Waals surface area contributed by atoms with Crippen LogP contribution < -0.4 is 4.90 Å². The van der Waals surface area contributed by atoms with E-state index in [2.05, 4.69) is 6.07 Å². The number of urea groups is 1. The Hall–Kier alpha value is -2.39. The van der Waals surface area contributed by atoms with Crippen LogP contribution in [0.4, 0.5) is 10.5 Å². The highest BCUT2D eigenvalue weighted by atomic mass is 16.3. The molecule has 108 valence electrons. The minimum Gasteiger partial charge on any atom is -0.390 e. The maximum Gasteiger partial charge on any atom is 0.332 e. The first-order valence-corrected chi connectivity index (χ1v) is 6.80. The molecule has 0 bridgehead atoms. The number of aliphatic hydroxyl groups is 1. The maximum absolute atomic E-state index is 12.5. The number of aliphatic hydroxyl groups excluding tert-OH is 1. The van der Waals surface area contributed by atoms with Crippen molar-refractivity contribution in [3.63, 3.8) is 0 Å². The molecular formula is C15H15N3O3. The van der Waals surface area contributed by atoms with Gasteiger partial charge < -0.3 is 10.0 Å². The zero-order valence-corrected chi connectivity index (χ0v) is 11.8. The minimum absolute atomic E-state index is 0.390. The topological polar surface area (TPSA) is 84.6 Å². The molecule has 1 aromatic rings. The molecule has 1 N–H and O–H groups in total.